The van der Waals surface area contributed by atoms with Gasteiger partial charge in [-0.1, -0.05) is 60.7 Å². The first-order valence-corrected chi connectivity index (χ1v) is 8.62. The molecule has 3 aromatic rings. The van der Waals surface area contributed by atoms with Crippen LogP contribution in [0.5, 0.6) is 0 Å². The predicted octanol–water partition coefficient (Wildman–Crippen LogP) is 3.68. The summed E-state index contributed by atoms with van der Waals surface area (Å²) in [4.78, 5) is 12.4. The summed E-state index contributed by atoms with van der Waals surface area (Å²) >= 11 is 0. The molecule has 1 aromatic heterocycles. The zero-order valence-electron chi connectivity index (χ0n) is 14.4. The van der Waals surface area contributed by atoms with Crippen molar-refractivity contribution in [2.24, 2.45) is 0 Å². The number of carbonyl (C=O) groups is 1. The molecule has 0 saturated heterocycles. The summed E-state index contributed by atoms with van der Waals surface area (Å²) in [5.74, 6) is -0.0696. The van der Waals surface area contributed by atoms with Crippen LogP contribution in [-0.2, 0) is 13.0 Å². The second-order valence-corrected chi connectivity index (χ2v) is 6.31. The van der Waals surface area contributed by atoms with Gasteiger partial charge in [-0.15, -0.1) is 0 Å². The van der Waals surface area contributed by atoms with Crippen LogP contribution in [0.1, 0.15) is 34.8 Å². The molecule has 1 atom stereocenters. The second-order valence-electron chi connectivity index (χ2n) is 6.31. The molecule has 25 heavy (non-hydrogen) atoms. The van der Waals surface area contributed by atoms with E-state index in [1.807, 2.05) is 55.5 Å². The van der Waals surface area contributed by atoms with Crippen LogP contribution in [0.3, 0.4) is 0 Å². The minimum atomic E-state index is -0.0696. The molecule has 0 fully saturated rings. The van der Waals surface area contributed by atoms with E-state index in [1.165, 1.54) is 5.56 Å². The number of benzene rings is 2. The first-order valence-electron chi connectivity index (χ1n) is 8.62. The Hall–Kier alpha value is -2.88. The fraction of sp³-hybridized carbons (Fsp3) is 0.238. The predicted molar refractivity (Wildman–Crippen MR) is 99.5 cm³/mol. The van der Waals surface area contributed by atoms with Crippen LogP contribution in [0.2, 0.25) is 0 Å². The van der Waals surface area contributed by atoms with Crippen molar-refractivity contribution in [1.29, 1.82) is 0 Å². The number of carbonyl (C=O) groups excluding carboxylic acids is 1. The van der Waals surface area contributed by atoms with E-state index in [2.05, 4.69) is 22.5 Å². The van der Waals surface area contributed by atoms with Gasteiger partial charge < -0.3 is 5.32 Å². The summed E-state index contributed by atoms with van der Waals surface area (Å²) in [6, 6.07) is 20.5. The largest absolute Gasteiger partial charge is 0.349 e. The van der Waals surface area contributed by atoms with Gasteiger partial charge >= 0.3 is 0 Å². The normalized spacial score (nSPS) is 11.9. The first-order chi connectivity index (χ1) is 12.2. The van der Waals surface area contributed by atoms with Crippen LogP contribution in [0, 0.1) is 0 Å². The third-order valence-corrected chi connectivity index (χ3v) is 4.17. The smallest absolute Gasteiger partial charge is 0.254 e. The van der Waals surface area contributed by atoms with Crippen molar-refractivity contribution >= 4 is 5.91 Å². The van der Waals surface area contributed by atoms with Gasteiger partial charge in [-0.2, -0.15) is 5.10 Å². The molecular formula is C21H23N3O. The van der Waals surface area contributed by atoms with Crippen LogP contribution in [-0.4, -0.2) is 21.7 Å². The summed E-state index contributed by atoms with van der Waals surface area (Å²) in [6.07, 6.45) is 5.29. The molecular weight excluding hydrogens is 310 g/mol. The molecule has 1 N–H and O–H groups in total. The lowest BCUT2D eigenvalue weighted by molar-refractivity contribution is 0.0938. The number of aryl methyl sites for hydroxylation is 1. The van der Waals surface area contributed by atoms with Gasteiger partial charge in [0.25, 0.3) is 5.91 Å². The van der Waals surface area contributed by atoms with Crippen LogP contribution in [0.25, 0.3) is 0 Å². The number of aromatic nitrogens is 2. The Balaban J connectivity index is 1.51. The molecule has 2 aromatic carbocycles. The lowest BCUT2D eigenvalue weighted by Crippen LogP contribution is -2.32. The standard InChI is InChI=1S/C21H23N3O/c1-17(12-13-18-8-4-2-5-9-18)23-21(25)20-14-22-24(16-20)15-19-10-6-3-7-11-19/h2-11,14,16-17H,12-13,15H2,1H3,(H,23,25)/t17-/m1/s1. The van der Waals surface area contributed by atoms with E-state index in [0.29, 0.717) is 12.1 Å². The maximum Gasteiger partial charge on any atom is 0.254 e. The molecule has 0 aliphatic rings. The fourth-order valence-electron chi connectivity index (χ4n) is 2.74. The van der Waals surface area contributed by atoms with Crippen molar-refractivity contribution in [2.45, 2.75) is 32.4 Å². The minimum absolute atomic E-state index is 0.0696. The number of amides is 1. The summed E-state index contributed by atoms with van der Waals surface area (Å²) < 4.78 is 1.79. The Labute approximate surface area is 148 Å². The molecule has 4 nitrogen and oxygen atoms in total. The summed E-state index contributed by atoms with van der Waals surface area (Å²) in [6.45, 7) is 2.70. The molecule has 0 aliphatic carbocycles. The number of hydrogen-bond acceptors (Lipinski definition) is 2. The molecule has 0 spiro atoms. The van der Waals surface area contributed by atoms with Gasteiger partial charge in [0, 0.05) is 12.2 Å². The van der Waals surface area contributed by atoms with Gasteiger partial charge in [-0.05, 0) is 30.9 Å². The monoisotopic (exact) mass is 333 g/mol. The van der Waals surface area contributed by atoms with E-state index >= 15 is 0 Å². The zero-order chi connectivity index (χ0) is 17.5. The number of nitrogens with zero attached hydrogens (tertiary/aromatic N) is 2. The highest BCUT2D eigenvalue weighted by molar-refractivity contribution is 5.93. The van der Waals surface area contributed by atoms with Crippen LogP contribution < -0.4 is 5.32 Å². The molecule has 0 aliphatic heterocycles. The van der Waals surface area contributed by atoms with Crippen molar-refractivity contribution in [3.8, 4) is 0 Å². The quantitative estimate of drug-likeness (QED) is 0.717. The third kappa shape index (κ3) is 5.05. The van der Waals surface area contributed by atoms with Gasteiger partial charge in [-0.3, -0.25) is 9.48 Å². The van der Waals surface area contributed by atoms with Gasteiger partial charge in [0.05, 0.1) is 18.3 Å². The number of hydrogen-bond donors (Lipinski definition) is 1. The van der Waals surface area contributed by atoms with Crippen molar-refractivity contribution in [2.75, 3.05) is 0 Å². The van der Waals surface area contributed by atoms with Crippen molar-refractivity contribution in [1.82, 2.24) is 15.1 Å². The highest BCUT2D eigenvalue weighted by atomic mass is 16.1. The maximum absolute atomic E-state index is 12.4. The van der Waals surface area contributed by atoms with Gasteiger partial charge in [0.2, 0.25) is 0 Å². The molecule has 3 rings (SSSR count). The summed E-state index contributed by atoms with van der Waals surface area (Å²) in [5.41, 5.74) is 3.05. The lowest BCUT2D eigenvalue weighted by Gasteiger charge is -2.13. The average Bonchev–Trinajstić information content (AvgIpc) is 3.10. The van der Waals surface area contributed by atoms with Crippen LogP contribution >= 0.6 is 0 Å². The lowest BCUT2D eigenvalue weighted by atomic mass is 10.1. The molecule has 0 unspecified atom stereocenters. The van der Waals surface area contributed by atoms with Crippen molar-refractivity contribution < 1.29 is 4.79 Å². The number of nitrogens with one attached hydrogen (secondary N) is 1. The van der Waals surface area contributed by atoms with Crippen molar-refractivity contribution in [3.63, 3.8) is 0 Å². The van der Waals surface area contributed by atoms with E-state index < -0.39 is 0 Å². The Morgan fingerprint density at radius 2 is 1.68 bits per heavy atom. The van der Waals surface area contributed by atoms with E-state index in [4.69, 9.17) is 0 Å². The highest BCUT2D eigenvalue weighted by Crippen LogP contribution is 2.07. The number of rotatable bonds is 7. The molecule has 1 heterocycles. The second kappa shape index (κ2) is 8.29. The highest BCUT2D eigenvalue weighted by Gasteiger charge is 2.12. The van der Waals surface area contributed by atoms with E-state index in [0.717, 1.165) is 18.4 Å². The Bertz CT molecular complexity index is 796. The van der Waals surface area contributed by atoms with Gasteiger partial charge in [-0.25, -0.2) is 0 Å². The fourth-order valence-corrected chi connectivity index (χ4v) is 2.74. The maximum atomic E-state index is 12.4. The Morgan fingerprint density at radius 1 is 1.04 bits per heavy atom. The third-order valence-electron chi connectivity index (χ3n) is 4.17. The Kier molecular flexibility index (Phi) is 5.62. The SMILES string of the molecule is C[C@H](CCc1ccccc1)NC(=O)c1cnn(Cc2ccccc2)c1. The van der Waals surface area contributed by atoms with E-state index in [1.54, 1.807) is 17.1 Å². The van der Waals surface area contributed by atoms with Crippen molar-refractivity contribution in [3.05, 3.63) is 89.7 Å². The topological polar surface area (TPSA) is 46.9 Å². The molecule has 128 valence electrons. The van der Waals surface area contributed by atoms with Crippen LogP contribution in [0.4, 0.5) is 0 Å². The van der Waals surface area contributed by atoms with Gasteiger partial charge in [0.15, 0.2) is 0 Å². The minimum Gasteiger partial charge on any atom is -0.349 e. The summed E-state index contributed by atoms with van der Waals surface area (Å²) in [5, 5.41) is 7.34. The summed E-state index contributed by atoms with van der Waals surface area (Å²) in [7, 11) is 0. The molecule has 1 amide bonds. The Morgan fingerprint density at radius 3 is 2.36 bits per heavy atom. The molecule has 0 radical (unpaired) electrons. The van der Waals surface area contributed by atoms with E-state index in [-0.39, 0.29) is 11.9 Å². The van der Waals surface area contributed by atoms with Crippen LogP contribution in [0.15, 0.2) is 73.1 Å². The first kappa shape index (κ1) is 17.0. The van der Waals surface area contributed by atoms with E-state index in [9.17, 15) is 4.79 Å². The molecule has 0 bridgehead atoms. The molecule has 0 saturated carbocycles. The zero-order valence-corrected chi connectivity index (χ0v) is 14.4. The average molecular weight is 333 g/mol. The molecule has 4 heteroatoms. The van der Waals surface area contributed by atoms with Gasteiger partial charge in [0.1, 0.15) is 0 Å².